The zero-order valence-corrected chi connectivity index (χ0v) is 12.6. The summed E-state index contributed by atoms with van der Waals surface area (Å²) in [7, 11) is 0. The Balaban J connectivity index is 2.11. The normalized spacial score (nSPS) is 25.6. The van der Waals surface area contributed by atoms with E-state index in [0.29, 0.717) is 6.04 Å². The number of benzene rings is 1. The molecule has 1 aromatic rings. The summed E-state index contributed by atoms with van der Waals surface area (Å²) in [6.07, 6.45) is 0.245. The maximum atomic E-state index is 14.0. The number of morpholine rings is 1. The highest BCUT2D eigenvalue weighted by Gasteiger charge is 2.26. The lowest BCUT2D eigenvalue weighted by molar-refractivity contribution is -0.0522. The Bertz CT molecular complexity index is 427. The molecule has 3 atom stereocenters. The minimum absolute atomic E-state index is 0.0222. The van der Waals surface area contributed by atoms with Gasteiger partial charge >= 0.3 is 0 Å². The van der Waals surface area contributed by atoms with Crippen LogP contribution < -0.4 is 5.32 Å². The van der Waals surface area contributed by atoms with Gasteiger partial charge in [-0.2, -0.15) is 0 Å². The number of nitrogens with one attached hydrogen (secondary N) is 1. The topological polar surface area (TPSA) is 24.5 Å². The molecule has 0 aromatic heterocycles. The molecule has 0 saturated carbocycles. The van der Waals surface area contributed by atoms with Crippen molar-refractivity contribution in [3.05, 3.63) is 35.6 Å². The monoisotopic (exact) mass is 280 g/mol. The van der Waals surface area contributed by atoms with E-state index in [0.717, 1.165) is 31.8 Å². The molecule has 1 aromatic carbocycles. The smallest absolute Gasteiger partial charge is 0.128 e. The van der Waals surface area contributed by atoms with Crippen molar-refractivity contribution in [1.29, 1.82) is 0 Å². The van der Waals surface area contributed by atoms with E-state index in [1.54, 1.807) is 6.07 Å². The number of ether oxygens (including phenoxy) is 1. The van der Waals surface area contributed by atoms with Crippen molar-refractivity contribution >= 4 is 0 Å². The van der Waals surface area contributed by atoms with Gasteiger partial charge < -0.3 is 10.1 Å². The average molecular weight is 280 g/mol. The third-order valence-corrected chi connectivity index (χ3v) is 3.89. The zero-order valence-electron chi connectivity index (χ0n) is 12.6. The lowest BCUT2D eigenvalue weighted by Crippen LogP contribution is -2.50. The average Bonchev–Trinajstić information content (AvgIpc) is 2.43. The minimum atomic E-state index is -0.132. The summed E-state index contributed by atoms with van der Waals surface area (Å²) in [5, 5.41) is 3.40. The lowest BCUT2D eigenvalue weighted by Gasteiger charge is -2.39. The molecular formula is C16H25FN2O. The Morgan fingerprint density at radius 1 is 1.40 bits per heavy atom. The largest absolute Gasteiger partial charge is 0.376 e. The molecule has 20 heavy (non-hydrogen) atoms. The Morgan fingerprint density at radius 3 is 2.85 bits per heavy atom. The summed E-state index contributed by atoms with van der Waals surface area (Å²) in [5.74, 6) is -0.132. The highest BCUT2D eigenvalue weighted by atomic mass is 19.1. The fraction of sp³-hybridized carbons (Fsp3) is 0.625. The van der Waals surface area contributed by atoms with Crippen molar-refractivity contribution in [3.63, 3.8) is 0 Å². The highest BCUT2D eigenvalue weighted by Crippen LogP contribution is 2.21. The standard InChI is InChI=1S/C16H25FN2O/c1-4-18-16(14-7-5-6-8-15(14)17)10-19-9-13(3)20-11-12(19)2/h5-8,12-13,16,18H,4,9-11H2,1-3H3. The lowest BCUT2D eigenvalue weighted by atomic mass is 10.0. The molecule has 112 valence electrons. The van der Waals surface area contributed by atoms with Crippen LogP contribution in [0.15, 0.2) is 24.3 Å². The second-order valence-electron chi connectivity index (χ2n) is 5.58. The van der Waals surface area contributed by atoms with Crippen LogP contribution in [0.25, 0.3) is 0 Å². The first-order valence-corrected chi connectivity index (χ1v) is 7.45. The molecule has 1 saturated heterocycles. The number of halogens is 1. The van der Waals surface area contributed by atoms with Crippen molar-refractivity contribution in [2.24, 2.45) is 0 Å². The molecule has 0 spiro atoms. The highest BCUT2D eigenvalue weighted by molar-refractivity contribution is 5.21. The molecule has 1 heterocycles. The molecule has 1 fully saturated rings. The predicted octanol–water partition coefficient (Wildman–Crippen LogP) is 2.59. The summed E-state index contributed by atoms with van der Waals surface area (Å²) < 4.78 is 19.7. The molecule has 2 rings (SSSR count). The van der Waals surface area contributed by atoms with Gasteiger partial charge in [0.2, 0.25) is 0 Å². The van der Waals surface area contributed by atoms with Crippen molar-refractivity contribution in [2.45, 2.75) is 39.0 Å². The van der Waals surface area contributed by atoms with Gasteiger partial charge in [0.25, 0.3) is 0 Å². The Labute approximate surface area is 121 Å². The SMILES string of the molecule is CCNC(CN1CC(C)OCC1C)c1ccccc1F. The van der Waals surface area contributed by atoms with E-state index >= 15 is 0 Å². The van der Waals surface area contributed by atoms with Crippen LogP contribution in [0.4, 0.5) is 4.39 Å². The van der Waals surface area contributed by atoms with Gasteiger partial charge in [-0.05, 0) is 26.5 Å². The van der Waals surface area contributed by atoms with Crippen LogP contribution in [0.1, 0.15) is 32.4 Å². The first-order chi connectivity index (χ1) is 9.61. The van der Waals surface area contributed by atoms with Gasteiger partial charge in [-0.25, -0.2) is 4.39 Å². The van der Waals surface area contributed by atoms with Crippen molar-refractivity contribution in [1.82, 2.24) is 10.2 Å². The van der Waals surface area contributed by atoms with E-state index in [4.69, 9.17) is 4.74 Å². The minimum Gasteiger partial charge on any atom is -0.376 e. The fourth-order valence-corrected chi connectivity index (χ4v) is 2.74. The Kier molecular flexibility index (Phi) is 5.52. The molecular weight excluding hydrogens is 255 g/mol. The van der Waals surface area contributed by atoms with Crippen LogP contribution in [0.3, 0.4) is 0 Å². The van der Waals surface area contributed by atoms with E-state index in [2.05, 4.69) is 31.0 Å². The van der Waals surface area contributed by atoms with Gasteiger partial charge in [0, 0.05) is 30.7 Å². The number of likely N-dealkylation sites (N-methyl/N-ethyl adjacent to an activating group) is 1. The molecule has 0 amide bonds. The van der Waals surface area contributed by atoms with Crippen molar-refractivity contribution in [2.75, 3.05) is 26.2 Å². The molecule has 3 unspecified atom stereocenters. The van der Waals surface area contributed by atoms with E-state index < -0.39 is 0 Å². The third-order valence-electron chi connectivity index (χ3n) is 3.89. The van der Waals surface area contributed by atoms with Crippen LogP contribution in [0.5, 0.6) is 0 Å². The summed E-state index contributed by atoms with van der Waals surface area (Å²) in [6, 6.07) is 7.44. The van der Waals surface area contributed by atoms with Gasteiger partial charge in [-0.1, -0.05) is 25.1 Å². The van der Waals surface area contributed by atoms with Crippen LogP contribution in [-0.2, 0) is 4.74 Å². The first-order valence-electron chi connectivity index (χ1n) is 7.45. The van der Waals surface area contributed by atoms with Crippen molar-refractivity contribution in [3.8, 4) is 0 Å². The molecule has 3 nitrogen and oxygen atoms in total. The molecule has 1 aliphatic heterocycles. The maximum Gasteiger partial charge on any atom is 0.128 e. The quantitative estimate of drug-likeness (QED) is 0.897. The fourth-order valence-electron chi connectivity index (χ4n) is 2.74. The zero-order chi connectivity index (χ0) is 14.5. The molecule has 0 bridgehead atoms. The number of hydrogen-bond donors (Lipinski definition) is 1. The Morgan fingerprint density at radius 2 is 2.15 bits per heavy atom. The third kappa shape index (κ3) is 3.78. The molecule has 4 heteroatoms. The maximum absolute atomic E-state index is 14.0. The summed E-state index contributed by atoms with van der Waals surface area (Å²) >= 11 is 0. The van der Waals surface area contributed by atoms with Crippen LogP contribution in [0.2, 0.25) is 0 Å². The van der Waals surface area contributed by atoms with Gasteiger partial charge in [-0.15, -0.1) is 0 Å². The number of hydrogen-bond acceptors (Lipinski definition) is 3. The predicted molar refractivity (Wildman–Crippen MR) is 79.3 cm³/mol. The number of rotatable bonds is 5. The number of nitrogens with zero attached hydrogens (tertiary/aromatic N) is 1. The van der Waals surface area contributed by atoms with Gasteiger partial charge in [0.05, 0.1) is 12.7 Å². The van der Waals surface area contributed by atoms with Gasteiger partial charge in [0.15, 0.2) is 0 Å². The van der Waals surface area contributed by atoms with Gasteiger partial charge in [-0.3, -0.25) is 4.90 Å². The van der Waals surface area contributed by atoms with Crippen LogP contribution in [0, 0.1) is 5.82 Å². The van der Waals surface area contributed by atoms with E-state index in [1.807, 2.05) is 12.1 Å². The van der Waals surface area contributed by atoms with E-state index in [9.17, 15) is 4.39 Å². The second kappa shape index (κ2) is 7.16. The van der Waals surface area contributed by atoms with Crippen LogP contribution in [-0.4, -0.2) is 43.3 Å². The summed E-state index contributed by atoms with van der Waals surface area (Å²) in [5.41, 5.74) is 0.751. The molecule has 1 aliphatic rings. The summed E-state index contributed by atoms with van der Waals surface area (Å²) in [6.45, 7) is 9.59. The van der Waals surface area contributed by atoms with E-state index in [1.165, 1.54) is 6.07 Å². The summed E-state index contributed by atoms with van der Waals surface area (Å²) in [4.78, 5) is 2.38. The van der Waals surface area contributed by atoms with Crippen LogP contribution >= 0.6 is 0 Å². The van der Waals surface area contributed by atoms with Gasteiger partial charge in [0.1, 0.15) is 5.82 Å². The van der Waals surface area contributed by atoms with Crippen molar-refractivity contribution < 1.29 is 9.13 Å². The Hall–Kier alpha value is -0.970. The first kappa shape index (κ1) is 15.4. The van der Waals surface area contributed by atoms with E-state index in [-0.39, 0.29) is 18.0 Å². The molecule has 1 N–H and O–H groups in total. The molecule has 0 aliphatic carbocycles. The molecule has 0 radical (unpaired) electrons. The second-order valence-corrected chi connectivity index (χ2v) is 5.58.